The SMILES string of the molecule is CCC(CC)(CO)NC(=O)c1csc(-c2cccs2)n1. The van der Waals surface area contributed by atoms with Gasteiger partial charge in [0.15, 0.2) is 0 Å². The van der Waals surface area contributed by atoms with Crippen LogP contribution in [0, 0.1) is 0 Å². The number of aliphatic hydroxyl groups excluding tert-OH is 1. The van der Waals surface area contributed by atoms with Gasteiger partial charge in [-0.2, -0.15) is 0 Å². The summed E-state index contributed by atoms with van der Waals surface area (Å²) in [4.78, 5) is 17.7. The number of aromatic nitrogens is 1. The molecule has 2 heterocycles. The van der Waals surface area contributed by atoms with Crippen LogP contribution in [0.5, 0.6) is 0 Å². The van der Waals surface area contributed by atoms with Crippen molar-refractivity contribution in [3.05, 3.63) is 28.6 Å². The van der Waals surface area contributed by atoms with Crippen LogP contribution in [-0.4, -0.2) is 28.1 Å². The van der Waals surface area contributed by atoms with Gasteiger partial charge in [0, 0.05) is 5.38 Å². The molecule has 0 aliphatic carbocycles. The average Bonchev–Trinajstić information content (AvgIpc) is 3.14. The summed E-state index contributed by atoms with van der Waals surface area (Å²) in [5, 5.41) is 17.0. The van der Waals surface area contributed by atoms with Gasteiger partial charge in [0.2, 0.25) is 0 Å². The zero-order valence-corrected chi connectivity index (χ0v) is 13.2. The fraction of sp³-hybridized carbons (Fsp3) is 0.429. The largest absolute Gasteiger partial charge is 0.394 e. The predicted molar refractivity (Wildman–Crippen MR) is 83.3 cm³/mol. The number of amides is 1. The second-order valence-electron chi connectivity index (χ2n) is 4.61. The molecule has 0 aliphatic heterocycles. The number of thiophene rings is 1. The number of thiazole rings is 1. The first-order valence-corrected chi connectivity index (χ1v) is 8.33. The van der Waals surface area contributed by atoms with E-state index >= 15 is 0 Å². The van der Waals surface area contributed by atoms with Crippen LogP contribution >= 0.6 is 22.7 Å². The summed E-state index contributed by atoms with van der Waals surface area (Å²) in [6, 6.07) is 3.95. The van der Waals surface area contributed by atoms with Gasteiger partial charge in [-0.3, -0.25) is 4.79 Å². The van der Waals surface area contributed by atoms with Gasteiger partial charge in [-0.05, 0) is 24.3 Å². The molecule has 0 aliphatic rings. The molecule has 6 heteroatoms. The van der Waals surface area contributed by atoms with Crippen molar-refractivity contribution in [2.45, 2.75) is 32.2 Å². The number of nitrogens with one attached hydrogen (secondary N) is 1. The van der Waals surface area contributed by atoms with Crippen LogP contribution in [0.2, 0.25) is 0 Å². The fourth-order valence-corrected chi connectivity index (χ4v) is 3.50. The second-order valence-corrected chi connectivity index (χ2v) is 6.42. The molecule has 0 atom stereocenters. The zero-order chi connectivity index (χ0) is 14.6. The molecule has 0 aromatic carbocycles. The van der Waals surface area contributed by atoms with Gasteiger partial charge in [0.1, 0.15) is 10.7 Å². The Morgan fingerprint density at radius 2 is 2.15 bits per heavy atom. The van der Waals surface area contributed by atoms with Crippen molar-refractivity contribution in [1.29, 1.82) is 0 Å². The molecule has 0 spiro atoms. The van der Waals surface area contributed by atoms with E-state index in [1.54, 1.807) is 16.7 Å². The number of hydrogen-bond donors (Lipinski definition) is 2. The van der Waals surface area contributed by atoms with Crippen molar-refractivity contribution < 1.29 is 9.90 Å². The molecule has 108 valence electrons. The van der Waals surface area contributed by atoms with E-state index in [1.165, 1.54) is 11.3 Å². The van der Waals surface area contributed by atoms with Crippen LogP contribution in [0.3, 0.4) is 0 Å². The van der Waals surface area contributed by atoms with E-state index in [1.807, 2.05) is 31.4 Å². The number of carbonyl (C=O) groups excluding carboxylic acids is 1. The lowest BCUT2D eigenvalue weighted by molar-refractivity contribution is 0.0813. The molecule has 0 bridgehead atoms. The molecule has 0 saturated carbocycles. The van der Waals surface area contributed by atoms with Crippen molar-refractivity contribution in [3.8, 4) is 9.88 Å². The molecule has 0 saturated heterocycles. The molecular weight excluding hydrogens is 292 g/mol. The van der Waals surface area contributed by atoms with E-state index < -0.39 is 5.54 Å². The average molecular weight is 310 g/mol. The molecule has 2 aromatic rings. The highest BCUT2D eigenvalue weighted by Gasteiger charge is 2.28. The lowest BCUT2D eigenvalue weighted by atomic mass is 9.94. The normalized spacial score (nSPS) is 11.6. The fourth-order valence-electron chi connectivity index (χ4n) is 1.89. The maximum atomic E-state index is 12.2. The van der Waals surface area contributed by atoms with Crippen molar-refractivity contribution in [2.24, 2.45) is 0 Å². The third-order valence-electron chi connectivity index (χ3n) is 3.50. The Kier molecular flexibility index (Phi) is 4.91. The van der Waals surface area contributed by atoms with Gasteiger partial charge < -0.3 is 10.4 Å². The summed E-state index contributed by atoms with van der Waals surface area (Å²) in [5.74, 6) is -0.221. The van der Waals surface area contributed by atoms with E-state index in [0.717, 1.165) is 9.88 Å². The summed E-state index contributed by atoms with van der Waals surface area (Å²) in [6.07, 6.45) is 1.38. The van der Waals surface area contributed by atoms with Crippen LogP contribution in [0.15, 0.2) is 22.9 Å². The first kappa shape index (κ1) is 15.2. The van der Waals surface area contributed by atoms with Crippen molar-refractivity contribution in [2.75, 3.05) is 6.61 Å². The smallest absolute Gasteiger partial charge is 0.271 e. The van der Waals surface area contributed by atoms with Crippen molar-refractivity contribution in [3.63, 3.8) is 0 Å². The molecule has 20 heavy (non-hydrogen) atoms. The Bertz CT molecular complexity index is 551. The monoisotopic (exact) mass is 310 g/mol. The van der Waals surface area contributed by atoms with E-state index in [0.29, 0.717) is 18.5 Å². The highest BCUT2D eigenvalue weighted by atomic mass is 32.1. The second kappa shape index (κ2) is 6.47. The molecule has 0 fully saturated rings. The van der Waals surface area contributed by atoms with Crippen LogP contribution in [0.4, 0.5) is 0 Å². The number of carbonyl (C=O) groups is 1. The first-order valence-electron chi connectivity index (χ1n) is 6.57. The quantitative estimate of drug-likeness (QED) is 0.861. The molecule has 2 N–H and O–H groups in total. The van der Waals surface area contributed by atoms with Crippen LogP contribution < -0.4 is 5.32 Å². The summed E-state index contributed by atoms with van der Waals surface area (Å²) in [5.41, 5.74) is -0.137. The molecule has 0 unspecified atom stereocenters. The third-order valence-corrected chi connectivity index (χ3v) is 5.39. The van der Waals surface area contributed by atoms with Crippen LogP contribution in [0.25, 0.3) is 9.88 Å². The van der Waals surface area contributed by atoms with Gasteiger partial charge >= 0.3 is 0 Å². The highest BCUT2D eigenvalue weighted by Crippen LogP contribution is 2.28. The number of hydrogen-bond acceptors (Lipinski definition) is 5. The topological polar surface area (TPSA) is 62.2 Å². The van der Waals surface area contributed by atoms with E-state index in [-0.39, 0.29) is 12.5 Å². The molecule has 4 nitrogen and oxygen atoms in total. The van der Waals surface area contributed by atoms with Gasteiger partial charge in [-0.15, -0.1) is 22.7 Å². The summed E-state index contributed by atoms with van der Waals surface area (Å²) in [7, 11) is 0. The maximum Gasteiger partial charge on any atom is 0.271 e. The third kappa shape index (κ3) is 3.08. The first-order chi connectivity index (χ1) is 9.64. The molecule has 0 radical (unpaired) electrons. The Hall–Kier alpha value is -1.24. The minimum absolute atomic E-state index is 0.0618. The van der Waals surface area contributed by atoms with Crippen LogP contribution in [-0.2, 0) is 0 Å². The lowest BCUT2D eigenvalue weighted by Crippen LogP contribution is -2.50. The van der Waals surface area contributed by atoms with Crippen molar-refractivity contribution in [1.82, 2.24) is 10.3 Å². The summed E-state index contributed by atoms with van der Waals surface area (Å²) >= 11 is 3.06. The Morgan fingerprint density at radius 1 is 1.40 bits per heavy atom. The standard InChI is InChI=1S/C14H18N2O2S2/c1-3-14(4-2,9-17)16-12(18)10-8-20-13(15-10)11-6-5-7-19-11/h5-8,17H,3-4,9H2,1-2H3,(H,16,18). The minimum Gasteiger partial charge on any atom is -0.394 e. The van der Waals surface area contributed by atoms with E-state index in [2.05, 4.69) is 10.3 Å². The minimum atomic E-state index is -0.552. The number of nitrogens with zero attached hydrogens (tertiary/aromatic N) is 1. The molecular formula is C14H18N2O2S2. The molecule has 2 rings (SSSR count). The highest BCUT2D eigenvalue weighted by molar-refractivity contribution is 7.20. The van der Waals surface area contributed by atoms with E-state index in [4.69, 9.17) is 0 Å². The van der Waals surface area contributed by atoms with Crippen molar-refractivity contribution >= 4 is 28.6 Å². The van der Waals surface area contributed by atoms with Gasteiger partial charge in [-0.1, -0.05) is 19.9 Å². The lowest BCUT2D eigenvalue weighted by Gasteiger charge is -2.30. The molecule has 2 aromatic heterocycles. The Labute approximate surface area is 126 Å². The van der Waals surface area contributed by atoms with Gasteiger partial charge in [-0.25, -0.2) is 4.98 Å². The maximum absolute atomic E-state index is 12.2. The number of aliphatic hydroxyl groups is 1. The van der Waals surface area contributed by atoms with Gasteiger partial charge in [0.25, 0.3) is 5.91 Å². The van der Waals surface area contributed by atoms with E-state index in [9.17, 15) is 9.90 Å². The number of rotatable bonds is 6. The molecule has 1 amide bonds. The zero-order valence-electron chi connectivity index (χ0n) is 11.5. The Morgan fingerprint density at radius 3 is 2.70 bits per heavy atom. The predicted octanol–water partition coefficient (Wildman–Crippen LogP) is 3.15. The summed E-state index contributed by atoms with van der Waals surface area (Å²) in [6.45, 7) is 3.85. The summed E-state index contributed by atoms with van der Waals surface area (Å²) < 4.78 is 0. The van der Waals surface area contributed by atoms with Crippen LogP contribution in [0.1, 0.15) is 37.2 Å². The Balaban J connectivity index is 2.14. The van der Waals surface area contributed by atoms with Gasteiger partial charge in [0.05, 0.1) is 17.0 Å².